The lowest BCUT2D eigenvalue weighted by atomic mass is 9.97. The Kier molecular flexibility index (Phi) is 7.49. The van der Waals surface area contributed by atoms with Crippen molar-refractivity contribution in [3.05, 3.63) is 57.8 Å². The molecule has 0 saturated carbocycles. The van der Waals surface area contributed by atoms with E-state index in [1.807, 2.05) is 11.4 Å². The maximum Gasteiger partial charge on any atom is 0.411 e. The molecule has 1 saturated heterocycles. The number of hydrogen-bond acceptors (Lipinski definition) is 4. The van der Waals surface area contributed by atoms with E-state index >= 15 is 0 Å². The fourth-order valence-electron chi connectivity index (χ4n) is 3.30. The molecule has 1 fully saturated rings. The molecule has 1 atom stereocenters. The number of carbonyl (C=O) groups excluding carboxylic acids is 2. The summed E-state index contributed by atoms with van der Waals surface area (Å²) < 4.78 is 40.9. The van der Waals surface area contributed by atoms with E-state index in [0.29, 0.717) is 30.1 Å². The Morgan fingerprint density at radius 3 is 2.57 bits per heavy atom. The Morgan fingerprint density at radius 1 is 1.17 bits per heavy atom. The van der Waals surface area contributed by atoms with Crippen molar-refractivity contribution in [3.63, 3.8) is 0 Å². The lowest BCUT2D eigenvalue weighted by Gasteiger charge is -2.31. The van der Waals surface area contributed by atoms with Crippen molar-refractivity contribution in [3.8, 4) is 0 Å². The highest BCUT2D eigenvalue weighted by atomic mass is 32.1. The second-order valence-corrected chi connectivity index (χ2v) is 8.16. The largest absolute Gasteiger partial charge is 0.411 e. The highest BCUT2D eigenvalue weighted by Crippen LogP contribution is 2.21. The number of ether oxygens (including phenoxy) is 1. The number of amides is 2. The summed E-state index contributed by atoms with van der Waals surface area (Å²) >= 11 is 1.39. The molecule has 30 heavy (non-hydrogen) atoms. The van der Waals surface area contributed by atoms with E-state index in [1.165, 1.54) is 11.3 Å². The maximum absolute atomic E-state index is 12.6. The molecule has 5 nitrogen and oxygen atoms in total. The van der Waals surface area contributed by atoms with Gasteiger partial charge >= 0.3 is 6.18 Å². The lowest BCUT2D eigenvalue weighted by molar-refractivity contribution is -0.176. The highest BCUT2D eigenvalue weighted by molar-refractivity contribution is 7.12. The van der Waals surface area contributed by atoms with Crippen LogP contribution in [0.2, 0.25) is 0 Å². The number of nitrogens with zero attached hydrogens (tertiary/aromatic N) is 1. The molecular formula is C21H23F3N2O3S. The van der Waals surface area contributed by atoms with Gasteiger partial charge in [-0.25, -0.2) is 0 Å². The summed E-state index contributed by atoms with van der Waals surface area (Å²) in [6.45, 7) is -0.0329. The minimum atomic E-state index is -4.34. The summed E-state index contributed by atoms with van der Waals surface area (Å²) in [7, 11) is 0. The monoisotopic (exact) mass is 440 g/mol. The van der Waals surface area contributed by atoms with Gasteiger partial charge < -0.3 is 15.0 Å². The Hall–Kier alpha value is -2.39. The summed E-state index contributed by atoms with van der Waals surface area (Å²) in [6, 6.07) is 10.5. The average molecular weight is 440 g/mol. The summed E-state index contributed by atoms with van der Waals surface area (Å²) in [5, 5.41) is 4.75. The van der Waals surface area contributed by atoms with Gasteiger partial charge in [-0.1, -0.05) is 30.3 Å². The normalized spacial score (nSPS) is 17.0. The first-order chi connectivity index (χ1) is 14.3. The van der Waals surface area contributed by atoms with Crippen molar-refractivity contribution < 1.29 is 27.5 Å². The summed E-state index contributed by atoms with van der Waals surface area (Å²) in [4.78, 5) is 27.5. The molecule has 1 aliphatic rings. The molecule has 1 aliphatic heterocycles. The van der Waals surface area contributed by atoms with Crippen LogP contribution in [-0.4, -0.2) is 42.6 Å². The van der Waals surface area contributed by atoms with E-state index in [4.69, 9.17) is 0 Å². The number of alkyl halides is 3. The maximum atomic E-state index is 12.6. The van der Waals surface area contributed by atoms with Gasteiger partial charge in [0.2, 0.25) is 5.91 Å². The van der Waals surface area contributed by atoms with Crippen LogP contribution in [0.5, 0.6) is 0 Å². The van der Waals surface area contributed by atoms with Gasteiger partial charge in [-0.3, -0.25) is 9.59 Å². The number of rotatable bonds is 7. The van der Waals surface area contributed by atoms with E-state index in [9.17, 15) is 22.8 Å². The minimum absolute atomic E-state index is 0.0363. The lowest BCUT2D eigenvalue weighted by Crippen LogP contribution is -2.45. The van der Waals surface area contributed by atoms with E-state index in [-0.39, 0.29) is 24.3 Å². The van der Waals surface area contributed by atoms with Crippen molar-refractivity contribution in [2.24, 2.45) is 5.92 Å². The zero-order chi connectivity index (χ0) is 21.6. The molecular weight excluding hydrogens is 417 g/mol. The first-order valence-corrected chi connectivity index (χ1v) is 10.5. The van der Waals surface area contributed by atoms with Crippen LogP contribution in [0.1, 0.15) is 33.6 Å². The molecule has 1 aromatic carbocycles. The Morgan fingerprint density at radius 2 is 1.90 bits per heavy atom. The van der Waals surface area contributed by atoms with E-state index in [1.54, 1.807) is 35.2 Å². The number of likely N-dealkylation sites (tertiary alicyclic amines) is 1. The number of nitrogens with one attached hydrogen (secondary N) is 1. The molecule has 0 bridgehead atoms. The molecule has 162 valence electrons. The second kappa shape index (κ2) is 10.1. The van der Waals surface area contributed by atoms with Crippen molar-refractivity contribution in [1.29, 1.82) is 0 Å². The van der Waals surface area contributed by atoms with Crippen molar-refractivity contribution in [2.75, 3.05) is 19.7 Å². The van der Waals surface area contributed by atoms with Gasteiger partial charge in [0.15, 0.2) is 0 Å². The van der Waals surface area contributed by atoms with Gasteiger partial charge in [-0.2, -0.15) is 13.2 Å². The van der Waals surface area contributed by atoms with Crippen molar-refractivity contribution >= 4 is 23.2 Å². The summed E-state index contributed by atoms with van der Waals surface area (Å²) in [6.07, 6.45) is -2.83. The molecule has 0 aliphatic carbocycles. The Balaban J connectivity index is 1.45. The topological polar surface area (TPSA) is 58.6 Å². The van der Waals surface area contributed by atoms with Crippen LogP contribution in [-0.2, 0) is 22.7 Å². The number of benzene rings is 1. The van der Waals surface area contributed by atoms with Crippen LogP contribution in [0.15, 0.2) is 41.8 Å². The molecule has 0 radical (unpaired) electrons. The average Bonchev–Trinajstić information content (AvgIpc) is 3.26. The summed E-state index contributed by atoms with van der Waals surface area (Å²) in [5.74, 6) is -0.389. The molecule has 2 amide bonds. The fourth-order valence-corrected chi connectivity index (χ4v) is 3.99. The number of halogens is 3. The van der Waals surface area contributed by atoms with E-state index in [2.05, 4.69) is 10.1 Å². The zero-order valence-electron chi connectivity index (χ0n) is 16.3. The van der Waals surface area contributed by atoms with Crippen LogP contribution in [0, 0.1) is 5.92 Å². The van der Waals surface area contributed by atoms with Crippen LogP contribution in [0.3, 0.4) is 0 Å². The fraction of sp³-hybridized carbons (Fsp3) is 0.429. The highest BCUT2D eigenvalue weighted by Gasteiger charge is 2.29. The third-order valence-corrected chi connectivity index (χ3v) is 5.69. The molecule has 1 N–H and O–H groups in total. The minimum Gasteiger partial charge on any atom is -0.367 e. The Labute approximate surface area is 176 Å². The van der Waals surface area contributed by atoms with E-state index < -0.39 is 12.8 Å². The quantitative estimate of drug-likeness (QED) is 0.708. The molecule has 0 spiro atoms. The first-order valence-electron chi connectivity index (χ1n) is 9.64. The van der Waals surface area contributed by atoms with Gasteiger partial charge in [0.1, 0.15) is 6.61 Å². The van der Waals surface area contributed by atoms with Crippen LogP contribution < -0.4 is 5.32 Å². The van der Waals surface area contributed by atoms with Gasteiger partial charge in [-0.05, 0) is 35.4 Å². The SMILES string of the molecule is O=C(NCc1ccc(COCC(F)(F)F)cc1)C1CCCN(C(=O)c2cccs2)C1. The summed E-state index contributed by atoms with van der Waals surface area (Å²) in [5.41, 5.74) is 1.47. The van der Waals surface area contributed by atoms with Gasteiger partial charge in [0.05, 0.1) is 17.4 Å². The predicted molar refractivity (Wildman–Crippen MR) is 107 cm³/mol. The van der Waals surface area contributed by atoms with E-state index in [0.717, 1.165) is 18.4 Å². The molecule has 2 aromatic rings. The van der Waals surface area contributed by atoms with Crippen LogP contribution in [0.25, 0.3) is 0 Å². The molecule has 1 aromatic heterocycles. The number of hydrogen-bond donors (Lipinski definition) is 1. The van der Waals surface area contributed by atoms with Crippen LogP contribution >= 0.6 is 11.3 Å². The third kappa shape index (κ3) is 6.56. The number of thiophene rings is 1. The molecule has 2 heterocycles. The van der Waals surface area contributed by atoms with Crippen molar-refractivity contribution in [2.45, 2.75) is 32.2 Å². The first kappa shape index (κ1) is 22.3. The Bertz CT molecular complexity index is 838. The zero-order valence-corrected chi connectivity index (χ0v) is 17.1. The predicted octanol–water partition coefficient (Wildman–Crippen LogP) is 4.00. The molecule has 3 rings (SSSR count). The van der Waals surface area contributed by atoms with Gasteiger partial charge in [0.25, 0.3) is 5.91 Å². The van der Waals surface area contributed by atoms with Crippen LogP contribution in [0.4, 0.5) is 13.2 Å². The van der Waals surface area contributed by atoms with Crippen molar-refractivity contribution in [1.82, 2.24) is 10.2 Å². The van der Waals surface area contributed by atoms with Gasteiger partial charge in [0, 0.05) is 19.6 Å². The number of carbonyl (C=O) groups is 2. The smallest absolute Gasteiger partial charge is 0.367 e. The number of piperidine rings is 1. The second-order valence-electron chi connectivity index (χ2n) is 7.21. The molecule has 1 unspecified atom stereocenters. The third-order valence-electron chi connectivity index (χ3n) is 4.84. The molecule has 9 heteroatoms. The van der Waals surface area contributed by atoms with Gasteiger partial charge in [-0.15, -0.1) is 11.3 Å². The standard InChI is InChI=1S/C21H23F3N2O3S/c22-21(23,24)14-29-13-16-7-5-15(6-8-16)11-25-19(27)17-3-1-9-26(12-17)20(28)18-4-2-10-30-18/h2,4-8,10,17H,1,3,9,11-14H2,(H,25,27).